The van der Waals surface area contributed by atoms with Crippen molar-refractivity contribution in [3.05, 3.63) is 102 Å². The van der Waals surface area contributed by atoms with Gasteiger partial charge in [0.1, 0.15) is 0 Å². The molecule has 31 heavy (non-hydrogen) atoms. The van der Waals surface area contributed by atoms with Crippen molar-refractivity contribution < 1.29 is 14.8 Å². The Morgan fingerprint density at radius 3 is 1.00 bits per heavy atom. The smallest absolute Gasteiger partial charge is 0.269 e. The highest BCUT2D eigenvalue weighted by molar-refractivity contribution is 5.83. The molecule has 0 unspecified atom stereocenters. The van der Waals surface area contributed by atoms with E-state index in [9.17, 15) is 30.3 Å². The molecule has 0 saturated carbocycles. The monoisotopic (exact) mass is 422 g/mol. The molecule has 0 fully saturated rings. The first-order valence-electron chi connectivity index (χ1n) is 9.15. The predicted molar refractivity (Wildman–Crippen MR) is 115 cm³/mol. The summed E-state index contributed by atoms with van der Waals surface area (Å²) < 4.78 is 0. The number of nitro benzene ring substituents is 3. The number of nitrogens with zero attached hydrogens (tertiary/aromatic N) is 4. The van der Waals surface area contributed by atoms with Gasteiger partial charge in [0.25, 0.3) is 17.1 Å². The van der Waals surface area contributed by atoms with E-state index in [1.165, 1.54) is 36.4 Å². The average molecular weight is 422 g/mol. The van der Waals surface area contributed by atoms with E-state index in [0.717, 1.165) is 0 Å². The fourth-order valence-electron chi connectivity index (χ4n) is 3.40. The Kier molecular flexibility index (Phi) is 5.64. The van der Waals surface area contributed by atoms with Crippen molar-refractivity contribution in [3.8, 4) is 0 Å². The van der Waals surface area contributed by atoms with Crippen LogP contribution < -0.4 is 4.90 Å². The highest BCUT2D eigenvalue weighted by Gasteiger charge is 2.22. The van der Waals surface area contributed by atoms with E-state index < -0.39 is 14.8 Å². The maximum Gasteiger partial charge on any atom is 0.269 e. The normalized spacial score (nSPS) is 10.5. The van der Waals surface area contributed by atoms with Gasteiger partial charge in [0, 0.05) is 53.5 Å². The van der Waals surface area contributed by atoms with Gasteiger partial charge in [-0.05, 0) is 55.7 Å². The zero-order valence-corrected chi connectivity index (χ0v) is 16.9. The third-order valence-electron chi connectivity index (χ3n) is 4.90. The fraction of sp³-hybridized carbons (Fsp3) is 0.143. The molecule has 0 atom stereocenters. The molecule has 0 aromatic heterocycles. The number of benzene rings is 3. The van der Waals surface area contributed by atoms with Crippen molar-refractivity contribution in [2.45, 2.75) is 20.8 Å². The van der Waals surface area contributed by atoms with Gasteiger partial charge in [-0.1, -0.05) is 0 Å². The van der Waals surface area contributed by atoms with E-state index in [-0.39, 0.29) is 17.1 Å². The van der Waals surface area contributed by atoms with E-state index in [1.54, 1.807) is 43.9 Å². The number of rotatable bonds is 6. The minimum Gasteiger partial charge on any atom is -0.310 e. The van der Waals surface area contributed by atoms with Crippen molar-refractivity contribution in [3.63, 3.8) is 0 Å². The zero-order chi connectivity index (χ0) is 22.9. The van der Waals surface area contributed by atoms with Crippen LogP contribution in [0.2, 0.25) is 0 Å². The van der Waals surface area contributed by atoms with Gasteiger partial charge < -0.3 is 4.90 Å². The molecular formula is C21H18N4O6. The number of non-ortho nitro benzene ring substituents is 3. The second kappa shape index (κ2) is 8.19. The van der Waals surface area contributed by atoms with Crippen LogP contribution in [0.25, 0.3) is 0 Å². The molecule has 158 valence electrons. The molecule has 0 N–H and O–H groups in total. The number of anilines is 3. The van der Waals surface area contributed by atoms with Crippen LogP contribution in [0.15, 0.2) is 54.6 Å². The van der Waals surface area contributed by atoms with E-state index in [4.69, 9.17) is 0 Å². The highest BCUT2D eigenvalue weighted by atomic mass is 16.6. The van der Waals surface area contributed by atoms with E-state index >= 15 is 0 Å². The summed E-state index contributed by atoms with van der Waals surface area (Å²) in [6.07, 6.45) is 0. The molecule has 3 rings (SSSR count). The average Bonchev–Trinajstić information content (AvgIpc) is 2.70. The molecule has 0 aliphatic carbocycles. The molecule has 0 heterocycles. The Labute approximate surface area is 176 Å². The van der Waals surface area contributed by atoms with E-state index in [0.29, 0.717) is 33.8 Å². The molecule has 0 aliphatic heterocycles. The summed E-state index contributed by atoms with van der Waals surface area (Å²) in [6.45, 7) is 5.16. The van der Waals surface area contributed by atoms with Gasteiger partial charge in [-0.15, -0.1) is 0 Å². The lowest BCUT2D eigenvalue weighted by molar-refractivity contribution is -0.385. The molecule has 0 aliphatic rings. The molecule has 0 saturated heterocycles. The lowest BCUT2D eigenvalue weighted by Gasteiger charge is -2.29. The Hall–Kier alpha value is -4.34. The summed E-state index contributed by atoms with van der Waals surface area (Å²) in [5, 5.41) is 33.4. The third kappa shape index (κ3) is 4.17. The van der Waals surface area contributed by atoms with Gasteiger partial charge in [-0.25, -0.2) is 0 Å². The van der Waals surface area contributed by atoms with Gasteiger partial charge >= 0.3 is 0 Å². The molecule has 3 aromatic carbocycles. The lowest BCUT2D eigenvalue weighted by atomic mass is 10.0. The molecule has 0 amide bonds. The SMILES string of the molecule is Cc1cc([N+](=O)[O-])ccc1N(c1ccc([N+](=O)[O-])cc1C)c1ccc([N+](=O)[O-])cc1C. The van der Waals surface area contributed by atoms with Crippen molar-refractivity contribution in [1.82, 2.24) is 0 Å². The maximum atomic E-state index is 11.1. The van der Waals surface area contributed by atoms with E-state index in [2.05, 4.69) is 0 Å². The Morgan fingerprint density at radius 1 is 0.548 bits per heavy atom. The van der Waals surface area contributed by atoms with Gasteiger partial charge in [0.05, 0.1) is 14.8 Å². The maximum absolute atomic E-state index is 11.1. The summed E-state index contributed by atoms with van der Waals surface area (Å²) in [5.74, 6) is 0. The van der Waals surface area contributed by atoms with Crippen LogP contribution in [0, 0.1) is 51.1 Å². The summed E-state index contributed by atoms with van der Waals surface area (Å²) in [6, 6.07) is 13.2. The Balaban J connectivity index is 2.26. The topological polar surface area (TPSA) is 133 Å². The zero-order valence-electron chi connectivity index (χ0n) is 16.9. The Bertz CT molecular complexity index is 1070. The molecule has 10 nitrogen and oxygen atoms in total. The summed E-state index contributed by atoms with van der Waals surface area (Å²) in [5.41, 5.74) is 3.43. The van der Waals surface area contributed by atoms with Gasteiger partial charge in [-0.2, -0.15) is 0 Å². The lowest BCUT2D eigenvalue weighted by Crippen LogP contribution is -2.14. The van der Waals surface area contributed by atoms with Crippen LogP contribution in [0.4, 0.5) is 34.1 Å². The minimum absolute atomic E-state index is 0.0676. The van der Waals surface area contributed by atoms with Crippen LogP contribution in [-0.4, -0.2) is 14.8 Å². The first-order valence-corrected chi connectivity index (χ1v) is 9.15. The van der Waals surface area contributed by atoms with Crippen LogP contribution in [-0.2, 0) is 0 Å². The summed E-state index contributed by atoms with van der Waals surface area (Å²) in [7, 11) is 0. The minimum atomic E-state index is -0.491. The third-order valence-corrected chi connectivity index (χ3v) is 4.90. The standard InChI is InChI=1S/C21H18N4O6/c1-13-10-16(23(26)27)4-7-19(13)22(20-8-5-17(24(28)29)11-14(20)2)21-9-6-18(25(30)31)12-15(21)3/h4-12H,1-3H3. The summed E-state index contributed by atoms with van der Waals surface area (Å²) in [4.78, 5) is 33.8. The summed E-state index contributed by atoms with van der Waals surface area (Å²) >= 11 is 0. The molecule has 0 spiro atoms. The van der Waals surface area contributed by atoms with Crippen molar-refractivity contribution in [1.29, 1.82) is 0 Å². The van der Waals surface area contributed by atoms with Crippen LogP contribution in [0.1, 0.15) is 16.7 Å². The van der Waals surface area contributed by atoms with Crippen molar-refractivity contribution in [2.24, 2.45) is 0 Å². The number of hydrogen-bond acceptors (Lipinski definition) is 7. The van der Waals surface area contributed by atoms with Crippen LogP contribution in [0.3, 0.4) is 0 Å². The van der Waals surface area contributed by atoms with Crippen LogP contribution in [0.5, 0.6) is 0 Å². The first kappa shape index (κ1) is 21.4. The van der Waals surface area contributed by atoms with Gasteiger partial charge in [0.2, 0.25) is 0 Å². The highest BCUT2D eigenvalue weighted by Crippen LogP contribution is 2.42. The first-order chi connectivity index (χ1) is 14.6. The van der Waals surface area contributed by atoms with Gasteiger partial charge in [-0.3, -0.25) is 30.3 Å². The number of hydrogen-bond donors (Lipinski definition) is 0. The molecule has 0 radical (unpaired) electrons. The molecule has 0 bridgehead atoms. The molecule has 3 aromatic rings. The second-order valence-corrected chi connectivity index (χ2v) is 7.02. The molecular weight excluding hydrogens is 404 g/mol. The van der Waals surface area contributed by atoms with E-state index in [1.807, 2.05) is 0 Å². The van der Waals surface area contributed by atoms with Crippen LogP contribution >= 0.6 is 0 Å². The van der Waals surface area contributed by atoms with Crippen molar-refractivity contribution >= 4 is 34.1 Å². The fourth-order valence-corrected chi connectivity index (χ4v) is 3.40. The van der Waals surface area contributed by atoms with Crippen molar-refractivity contribution in [2.75, 3.05) is 4.90 Å². The Morgan fingerprint density at radius 2 is 0.806 bits per heavy atom. The number of nitro groups is 3. The molecule has 10 heteroatoms. The second-order valence-electron chi connectivity index (χ2n) is 7.02. The quantitative estimate of drug-likeness (QED) is 0.362. The largest absolute Gasteiger partial charge is 0.310 e. The predicted octanol–water partition coefficient (Wildman–Crippen LogP) is 5.81. The van der Waals surface area contributed by atoms with Gasteiger partial charge in [0.15, 0.2) is 0 Å². The number of aryl methyl sites for hydroxylation is 3.